The van der Waals surface area contributed by atoms with Gasteiger partial charge in [-0.25, -0.2) is 10.8 Å². The second-order valence-electron chi connectivity index (χ2n) is 3.15. The van der Waals surface area contributed by atoms with Crippen LogP contribution in [-0.4, -0.2) is 20.9 Å². The van der Waals surface area contributed by atoms with Gasteiger partial charge in [-0.3, -0.25) is 15.2 Å². The molecule has 0 aliphatic heterocycles. The first-order chi connectivity index (χ1) is 8.31. The first-order valence-electron chi connectivity index (χ1n) is 4.88. The number of nitrogen functional groups attached to an aromatic ring is 1. The van der Waals surface area contributed by atoms with E-state index in [0.717, 1.165) is 5.16 Å². The van der Waals surface area contributed by atoms with Crippen LogP contribution in [0.5, 0.6) is 0 Å². The van der Waals surface area contributed by atoms with Gasteiger partial charge in [0.1, 0.15) is 0 Å². The molecule has 2 heterocycles. The van der Waals surface area contributed by atoms with Gasteiger partial charge in [-0.15, -0.1) is 0 Å². The smallest absolute Gasteiger partial charge is 0.267 e. The molecule has 6 nitrogen and oxygen atoms in total. The van der Waals surface area contributed by atoms with Crippen molar-refractivity contribution in [3.8, 4) is 0 Å². The summed E-state index contributed by atoms with van der Waals surface area (Å²) in [6, 6.07) is 3.39. The average molecular weight is 249 g/mol. The van der Waals surface area contributed by atoms with E-state index in [9.17, 15) is 4.79 Å². The van der Waals surface area contributed by atoms with E-state index in [1.807, 2.05) is 0 Å². The van der Waals surface area contributed by atoms with Crippen LogP contribution in [-0.2, 0) is 5.75 Å². The van der Waals surface area contributed by atoms with Crippen LogP contribution in [0.3, 0.4) is 0 Å². The minimum Gasteiger partial charge on any atom is -0.340 e. The predicted molar refractivity (Wildman–Crippen MR) is 64.0 cm³/mol. The first-order valence-corrected chi connectivity index (χ1v) is 5.87. The van der Waals surface area contributed by atoms with E-state index in [4.69, 9.17) is 5.84 Å². The number of aromatic nitrogens is 3. The van der Waals surface area contributed by atoms with E-state index in [2.05, 4.69) is 20.4 Å². The molecule has 0 aliphatic carbocycles. The van der Waals surface area contributed by atoms with Gasteiger partial charge in [-0.1, -0.05) is 11.8 Å². The van der Waals surface area contributed by atoms with Gasteiger partial charge < -0.3 is 4.98 Å². The zero-order chi connectivity index (χ0) is 12.1. The van der Waals surface area contributed by atoms with Crippen molar-refractivity contribution < 1.29 is 4.79 Å². The average Bonchev–Trinajstić information content (AvgIpc) is 2.89. The van der Waals surface area contributed by atoms with Crippen molar-refractivity contribution in [2.75, 3.05) is 0 Å². The highest BCUT2D eigenvalue weighted by atomic mass is 32.2. The van der Waals surface area contributed by atoms with Crippen molar-refractivity contribution in [1.82, 2.24) is 20.4 Å². The number of nitrogens with two attached hydrogens (primary N) is 1. The van der Waals surface area contributed by atoms with E-state index in [1.54, 1.807) is 30.7 Å². The number of hydrazine groups is 1. The van der Waals surface area contributed by atoms with Gasteiger partial charge in [0.25, 0.3) is 5.91 Å². The largest absolute Gasteiger partial charge is 0.340 e. The number of hydrogen-bond acceptors (Lipinski definition) is 5. The Labute approximate surface area is 102 Å². The highest BCUT2D eigenvalue weighted by Crippen LogP contribution is 2.19. The predicted octanol–water partition coefficient (Wildman–Crippen LogP) is 0.700. The fraction of sp³-hybridized carbons (Fsp3) is 0.100. The Morgan fingerprint density at radius 1 is 1.47 bits per heavy atom. The summed E-state index contributed by atoms with van der Waals surface area (Å²) in [7, 11) is 0. The molecule has 4 N–H and O–H groups in total. The molecule has 0 aliphatic rings. The van der Waals surface area contributed by atoms with Crippen molar-refractivity contribution in [1.29, 1.82) is 0 Å². The highest BCUT2D eigenvalue weighted by Gasteiger charge is 2.11. The molecule has 2 rings (SSSR count). The maximum absolute atomic E-state index is 11.5. The number of pyridine rings is 1. The summed E-state index contributed by atoms with van der Waals surface area (Å²) >= 11 is 1.47. The van der Waals surface area contributed by atoms with Crippen LogP contribution in [0.15, 0.2) is 35.9 Å². The molecule has 17 heavy (non-hydrogen) atoms. The highest BCUT2D eigenvalue weighted by molar-refractivity contribution is 7.98. The van der Waals surface area contributed by atoms with Crippen LogP contribution >= 0.6 is 11.8 Å². The van der Waals surface area contributed by atoms with Gasteiger partial charge in [-0.05, 0) is 12.1 Å². The number of carbonyl (C=O) groups is 1. The summed E-state index contributed by atoms with van der Waals surface area (Å²) in [5.41, 5.74) is 3.26. The summed E-state index contributed by atoms with van der Waals surface area (Å²) in [6.07, 6.45) is 5.06. The zero-order valence-electron chi connectivity index (χ0n) is 8.88. The molecular weight excluding hydrogens is 238 g/mol. The molecule has 0 spiro atoms. The molecule has 0 unspecified atom stereocenters. The number of imidazole rings is 1. The Balaban J connectivity index is 2.12. The second kappa shape index (κ2) is 5.46. The Morgan fingerprint density at radius 3 is 3.06 bits per heavy atom. The quantitative estimate of drug-likeness (QED) is 0.321. The first kappa shape index (κ1) is 11.6. The van der Waals surface area contributed by atoms with Gasteiger partial charge in [0.15, 0.2) is 5.16 Å². The molecule has 0 saturated heterocycles. The Bertz CT molecular complexity index is 499. The van der Waals surface area contributed by atoms with E-state index < -0.39 is 0 Å². The standard InChI is InChI=1S/C10H11N5OS/c11-15-9(16)7-2-1-3-12-8(7)6-17-10-13-4-5-14-10/h1-5H,6,11H2,(H,13,14)(H,15,16). The minimum atomic E-state index is -0.340. The maximum atomic E-state index is 11.5. The van der Waals surface area contributed by atoms with Crippen LogP contribution < -0.4 is 11.3 Å². The molecule has 0 atom stereocenters. The fourth-order valence-electron chi connectivity index (χ4n) is 1.30. The number of aromatic amines is 1. The number of nitrogens with zero attached hydrogens (tertiary/aromatic N) is 2. The van der Waals surface area contributed by atoms with Gasteiger partial charge >= 0.3 is 0 Å². The van der Waals surface area contributed by atoms with Gasteiger partial charge in [0, 0.05) is 24.3 Å². The van der Waals surface area contributed by atoms with Crippen molar-refractivity contribution in [3.05, 3.63) is 42.0 Å². The van der Waals surface area contributed by atoms with E-state index in [0.29, 0.717) is 17.0 Å². The number of carbonyl (C=O) groups excluding carboxylic acids is 1. The molecule has 0 saturated carbocycles. The van der Waals surface area contributed by atoms with Crippen LogP contribution in [0.2, 0.25) is 0 Å². The summed E-state index contributed by atoms with van der Waals surface area (Å²) in [5, 5.41) is 0.787. The SMILES string of the molecule is NNC(=O)c1cccnc1CSc1ncc[nH]1. The fourth-order valence-corrected chi connectivity index (χ4v) is 2.09. The molecule has 2 aromatic heterocycles. The molecule has 2 aromatic rings. The summed E-state index contributed by atoms with van der Waals surface area (Å²) in [5.74, 6) is 5.32. The molecule has 0 radical (unpaired) electrons. The third-order valence-electron chi connectivity index (χ3n) is 2.08. The van der Waals surface area contributed by atoms with Gasteiger partial charge in [-0.2, -0.15) is 0 Å². The third-order valence-corrected chi connectivity index (χ3v) is 3.00. The van der Waals surface area contributed by atoms with Gasteiger partial charge in [0.2, 0.25) is 0 Å². The van der Waals surface area contributed by atoms with Crippen molar-refractivity contribution in [3.63, 3.8) is 0 Å². The molecule has 88 valence electrons. The number of rotatable bonds is 4. The van der Waals surface area contributed by atoms with E-state index >= 15 is 0 Å². The van der Waals surface area contributed by atoms with Crippen molar-refractivity contribution >= 4 is 17.7 Å². The zero-order valence-corrected chi connectivity index (χ0v) is 9.70. The number of H-pyrrole nitrogens is 1. The third kappa shape index (κ3) is 2.83. The molecular formula is C10H11N5OS. The lowest BCUT2D eigenvalue weighted by molar-refractivity contribution is 0.0952. The number of hydrogen-bond donors (Lipinski definition) is 3. The molecule has 7 heteroatoms. The lowest BCUT2D eigenvalue weighted by atomic mass is 10.2. The van der Waals surface area contributed by atoms with E-state index in [-0.39, 0.29) is 5.91 Å². The summed E-state index contributed by atoms with van der Waals surface area (Å²) in [6.45, 7) is 0. The number of thioether (sulfide) groups is 1. The van der Waals surface area contributed by atoms with Crippen LogP contribution in [0, 0.1) is 0 Å². The topological polar surface area (TPSA) is 96.7 Å². The lowest BCUT2D eigenvalue weighted by Crippen LogP contribution is -2.30. The Kier molecular flexibility index (Phi) is 3.73. The normalized spacial score (nSPS) is 10.2. The number of nitrogens with one attached hydrogen (secondary N) is 2. The molecule has 1 amide bonds. The maximum Gasteiger partial charge on any atom is 0.267 e. The van der Waals surface area contributed by atoms with Crippen molar-refractivity contribution in [2.24, 2.45) is 5.84 Å². The Morgan fingerprint density at radius 2 is 2.35 bits per heavy atom. The summed E-state index contributed by atoms with van der Waals surface area (Å²) < 4.78 is 0. The molecule has 0 fully saturated rings. The Hall–Kier alpha value is -1.86. The van der Waals surface area contributed by atoms with Gasteiger partial charge in [0.05, 0.1) is 11.3 Å². The molecule has 0 bridgehead atoms. The monoisotopic (exact) mass is 249 g/mol. The van der Waals surface area contributed by atoms with E-state index in [1.165, 1.54) is 11.8 Å². The minimum absolute atomic E-state index is 0.340. The van der Waals surface area contributed by atoms with Crippen molar-refractivity contribution in [2.45, 2.75) is 10.9 Å². The lowest BCUT2D eigenvalue weighted by Gasteiger charge is -2.05. The van der Waals surface area contributed by atoms with Crippen LogP contribution in [0.25, 0.3) is 0 Å². The number of amides is 1. The summed E-state index contributed by atoms with van der Waals surface area (Å²) in [4.78, 5) is 22.7. The van der Waals surface area contributed by atoms with Crippen LogP contribution in [0.4, 0.5) is 0 Å². The second-order valence-corrected chi connectivity index (χ2v) is 4.12. The van der Waals surface area contributed by atoms with Crippen LogP contribution in [0.1, 0.15) is 16.1 Å². The molecule has 0 aromatic carbocycles.